The van der Waals surface area contributed by atoms with Crippen LogP contribution in [0, 0.1) is 0 Å². The Hall–Kier alpha value is -2.01. The first-order chi connectivity index (χ1) is 10.2. The molecule has 1 aromatic rings. The highest BCUT2D eigenvalue weighted by molar-refractivity contribution is 5.83. The molecule has 0 unspecified atom stereocenters. The molecular weight excluding hydrogens is 270 g/mol. The Labute approximate surface area is 124 Å². The molecule has 1 heterocycles. The maximum absolute atomic E-state index is 10.4. The minimum atomic E-state index is -1.22. The van der Waals surface area contributed by atoms with Gasteiger partial charge in [-0.25, -0.2) is 0 Å². The lowest BCUT2D eigenvalue weighted by Crippen LogP contribution is -3.10. The molecule has 0 amide bonds. The van der Waals surface area contributed by atoms with Gasteiger partial charge < -0.3 is 24.3 Å². The number of benzene rings is 1. The lowest BCUT2D eigenvalue weighted by atomic mass is 10.2. The van der Waals surface area contributed by atoms with Crippen LogP contribution in [-0.2, 0) is 4.79 Å². The molecule has 114 valence electrons. The van der Waals surface area contributed by atoms with Crippen LogP contribution in [0.3, 0.4) is 0 Å². The van der Waals surface area contributed by atoms with Gasteiger partial charge in [0, 0.05) is 12.8 Å². The molecule has 0 saturated carbocycles. The first kappa shape index (κ1) is 15.4. The average molecular weight is 291 g/mol. The Morgan fingerprint density at radius 1 is 1.33 bits per heavy atom. The summed E-state index contributed by atoms with van der Waals surface area (Å²) in [6, 6.07) is 5.32. The van der Waals surface area contributed by atoms with E-state index in [1.54, 1.807) is 30.2 Å². The zero-order valence-electron chi connectivity index (χ0n) is 12.3. The summed E-state index contributed by atoms with van der Waals surface area (Å²) in [4.78, 5) is 12.0. The van der Waals surface area contributed by atoms with Gasteiger partial charge in [0.25, 0.3) is 0 Å². The maximum Gasteiger partial charge on any atom is 0.162 e. The van der Waals surface area contributed by atoms with E-state index in [2.05, 4.69) is 0 Å². The molecule has 0 bridgehead atoms. The number of hydrogen-bond acceptors (Lipinski definition) is 4. The molecule has 0 spiro atoms. The topological polar surface area (TPSA) is 63.0 Å². The van der Waals surface area contributed by atoms with Crippen LogP contribution in [0.5, 0.6) is 11.5 Å². The van der Waals surface area contributed by atoms with E-state index in [1.807, 2.05) is 0 Å². The van der Waals surface area contributed by atoms with Crippen LogP contribution < -0.4 is 19.5 Å². The summed E-state index contributed by atoms with van der Waals surface area (Å²) < 4.78 is 11.1. The van der Waals surface area contributed by atoms with Crippen molar-refractivity contribution in [3.05, 3.63) is 29.8 Å². The summed E-state index contributed by atoms with van der Waals surface area (Å²) in [6.45, 7) is 4.03. The summed E-state index contributed by atoms with van der Waals surface area (Å²) in [5.74, 6) is 0.0690. The predicted octanol–water partition coefficient (Wildman–Crippen LogP) is -0.484. The van der Waals surface area contributed by atoms with Crippen molar-refractivity contribution in [1.82, 2.24) is 0 Å². The minimum absolute atomic E-state index is 0.624. The molecule has 0 aliphatic carbocycles. The Morgan fingerprint density at radius 2 is 2.10 bits per heavy atom. The van der Waals surface area contributed by atoms with Gasteiger partial charge in [0.15, 0.2) is 11.5 Å². The smallest absolute Gasteiger partial charge is 0.162 e. The highest BCUT2D eigenvalue weighted by Crippen LogP contribution is 2.28. The highest BCUT2D eigenvalue weighted by atomic mass is 16.5. The molecule has 0 radical (unpaired) electrons. The number of carboxylic acid groups (broad SMARTS) is 1. The molecule has 5 heteroatoms. The van der Waals surface area contributed by atoms with Gasteiger partial charge in [0.05, 0.1) is 26.2 Å². The van der Waals surface area contributed by atoms with E-state index in [-0.39, 0.29) is 0 Å². The van der Waals surface area contributed by atoms with Gasteiger partial charge in [-0.3, -0.25) is 0 Å². The van der Waals surface area contributed by atoms with Crippen LogP contribution in [0.2, 0.25) is 0 Å². The lowest BCUT2D eigenvalue weighted by Gasteiger charge is -2.14. The van der Waals surface area contributed by atoms with Gasteiger partial charge in [-0.15, -0.1) is 0 Å². The van der Waals surface area contributed by atoms with E-state index >= 15 is 0 Å². The number of nitrogens with one attached hydrogen (secondary N) is 1. The normalized spacial score (nSPS) is 15.5. The Morgan fingerprint density at radius 3 is 2.76 bits per heavy atom. The summed E-state index contributed by atoms with van der Waals surface area (Å²) in [6.07, 6.45) is 5.07. The fourth-order valence-corrected chi connectivity index (χ4v) is 2.50. The first-order valence-corrected chi connectivity index (χ1v) is 7.22. The van der Waals surface area contributed by atoms with Gasteiger partial charge in [-0.2, -0.15) is 0 Å². The third kappa shape index (κ3) is 4.79. The second-order valence-corrected chi connectivity index (χ2v) is 5.12. The van der Waals surface area contributed by atoms with Crippen LogP contribution in [-0.4, -0.2) is 39.3 Å². The fraction of sp³-hybridized carbons (Fsp3) is 0.438. The number of carbonyl (C=O) groups is 1. The lowest BCUT2D eigenvalue weighted by molar-refractivity contribution is -0.887. The minimum Gasteiger partial charge on any atom is -0.545 e. The largest absolute Gasteiger partial charge is 0.545 e. The molecule has 1 aromatic carbocycles. The average Bonchev–Trinajstić information content (AvgIpc) is 2.98. The molecule has 1 N–H and O–H groups in total. The quantitative estimate of drug-likeness (QED) is 0.689. The summed E-state index contributed by atoms with van der Waals surface area (Å²) >= 11 is 0. The van der Waals surface area contributed by atoms with E-state index in [1.165, 1.54) is 32.0 Å². The van der Waals surface area contributed by atoms with Gasteiger partial charge in [0.1, 0.15) is 13.2 Å². The third-order valence-corrected chi connectivity index (χ3v) is 3.62. The molecule has 5 nitrogen and oxygen atoms in total. The highest BCUT2D eigenvalue weighted by Gasteiger charge is 2.15. The number of rotatable bonds is 7. The number of quaternary nitrogens is 1. The van der Waals surface area contributed by atoms with Crippen molar-refractivity contribution in [2.75, 3.05) is 33.4 Å². The standard InChI is InChI=1S/C16H21NO4/c1-20-14-6-4-13(5-7-16(18)19)12-15(14)21-11-10-17-8-2-3-9-17/h4-7,12H,2-3,8-11H2,1H3,(H,18,19)/b7-5+. The van der Waals surface area contributed by atoms with Crippen LogP contribution in [0.15, 0.2) is 24.3 Å². The molecule has 1 saturated heterocycles. The number of ether oxygens (including phenoxy) is 2. The summed E-state index contributed by atoms with van der Waals surface area (Å²) in [7, 11) is 1.59. The second kappa shape index (κ2) is 7.69. The van der Waals surface area contributed by atoms with Crippen LogP contribution in [0.4, 0.5) is 0 Å². The number of methoxy groups -OCH3 is 1. The molecule has 1 fully saturated rings. The zero-order valence-corrected chi connectivity index (χ0v) is 12.3. The van der Waals surface area contributed by atoms with Crippen LogP contribution in [0.1, 0.15) is 18.4 Å². The molecule has 0 aromatic heterocycles. The number of carbonyl (C=O) groups excluding carboxylic acids is 1. The Bertz CT molecular complexity index is 507. The molecule has 0 atom stereocenters. The van der Waals surface area contributed by atoms with E-state index < -0.39 is 5.97 Å². The maximum atomic E-state index is 10.4. The number of carboxylic acids is 1. The van der Waals surface area contributed by atoms with E-state index in [9.17, 15) is 9.90 Å². The zero-order chi connectivity index (χ0) is 15.1. The van der Waals surface area contributed by atoms with Crippen LogP contribution in [0.25, 0.3) is 6.08 Å². The monoisotopic (exact) mass is 291 g/mol. The molecular formula is C16H21NO4. The van der Waals surface area contributed by atoms with Gasteiger partial charge in [0.2, 0.25) is 0 Å². The Balaban J connectivity index is 1.97. The number of likely N-dealkylation sites (tertiary alicyclic amines) is 1. The third-order valence-electron chi connectivity index (χ3n) is 3.62. The van der Waals surface area contributed by atoms with Crippen molar-refractivity contribution in [3.8, 4) is 11.5 Å². The second-order valence-electron chi connectivity index (χ2n) is 5.12. The van der Waals surface area contributed by atoms with Gasteiger partial charge in [-0.05, 0) is 23.8 Å². The fourth-order valence-electron chi connectivity index (χ4n) is 2.50. The SMILES string of the molecule is COc1ccc(/C=C/C(=O)[O-])cc1OCC[NH+]1CCCC1. The number of aliphatic carboxylic acids is 1. The van der Waals surface area contributed by atoms with Gasteiger partial charge in [-0.1, -0.05) is 12.1 Å². The molecule has 1 aliphatic rings. The van der Waals surface area contributed by atoms with Crippen molar-refractivity contribution < 1.29 is 24.3 Å². The molecule has 21 heavy (non-hydrogen) atoms. The number of hydrogen-bond donors (Lipinski definition) is 1. The molecule has 1 aliphatic heterocycles. The van der Waals surface area contributed by atoms with Crippen molar-refractivity contribution in [2.45, 2.75) is 12.8 Å². The van der Waals surface area contributed by atoms with E-state index in [0.29, 0.717) is 18.1 Å². The van der Waals surface area contributed by atoms with E-state index in [0.717, 1.165) is 18.2 Å². The predicted molar refractivity (Wildman–Crippen MR) is 77.3 cm³/mol. The first-order valence-electron chi connectivity index (χ1n) is 7.22. The van der Waals surface area contributed by atoms with E-state index in [4.69, 9.17) is 9.47 Å². The van der Waals surface area contributed by atoms with Crippen molar-refractivity contribution in [3.63, 3.8) is 0 Å². The van der Waals surface area contributed by atoms with Crippen molar-refractivity contribution in [2.24, 2.45) is 0 Å². The molecule has 2 rings (SSSR count). The summed E-state index contributed by atoms with van der Waals surface area (Å²) in [5.41, 5.74) is 0.739. The van der Waals surface area contributed by atoms with Gasteiger partial charge >= 0.3 is 0 Å². The Kier molecular flexibility index (Phi) is 5.63. The van der Waals surface area contributed by atoms with Crippen LogP contribution >= 0.6 is 0 Å². The van der Waals surface area contributed by atoms with Crippen molar-refractivity contribution in [1.29, 1.82) is 0 Å². The van der Waals surface area contributed by atoms with Crippen molar-refractivity contribution >= 4 is 12.0 Å². The summed E-state index contributed by atoms with van der Waals surface area (Å²) in [5, 5.41) is 10.4.